The zero-order chi connectivity index (χ0) is 21.7. The van der Waals surface area contributed by atoms with E-state index in [0.29, 0.717) is 24.7 Å². The fraction of sp³-hybridized carbons (Fsp3) is 0.409. The molecule has 0 spiro atoms. The molecular weight excluding hydrogens is 418 g/mol. The first-order valence-corrected chi connectivity index (χ1v) is 12.3. The summed E-state index contributed by atoms with van der Waals surface area (Å²) in [7, 11) is 0.980. The van der Waals surface area contributed by atoms with E-state index in [1.807, 2.05) is 55.1 Å². The molecule has 0 bridgehead atoms. The number of hydrogen-bond acceptors (Lipinski definition) is 5. The Bertz CT molecular complexity index is 958. The molecule has 2 aromatic rings. The number of anilines is 2. The molecule has 1 saturated heterocycles. The SMILES string of the molecule is CCOc1ccc(NC(=S)N(Cc2ccc(N(C)C)cc2)C2CCS(=O)(=O)C2)cc1. The van der Waals surface area contributed by atoms with Gasteiger partial charge in [-0.25, -0.2) is 8.42 Å². The molecular formula is C22H29N3O3S2. The molecule has 0 radical (unpaired) electrons. The Balaban J connectivity index is 1.77. The zero-order valence-corrected chi connectivity index (χ0v) is 19.3. The van der Waals surface area contributed by atoms with Crippen LogP contribution in [0.3, 0.4) is 0 Å². The number of rotatable bonds is 7. The lowest BCUT2D eigenvalue weighted by molar-refractivity contribution is 0.332. The first-order chi connectivity index (χ1) is 14.3. The van der Waals surface area contributed by atoms with E-state index in [1.165, 1.54) is 0 Å². The summed E-state index contributed by atoms with van der Waals surface area (Å²) >= 11 is 5.70. The van der Waals surface area contributed by atoms with E-state index >= 15 is 0 Å². The maximum atomic E-state index is 12.1. The van der Waals surface area contributed by atoms with E-state index in [9.17, 15) is 8.42 Å². The van der Waals surface area contributed by atoms with Crippen LogP contribution in [0.4, 0.5) is 11.4 Å². The van der Waals surface area contributed by atoms with E-state index in [4.69, 9.17) is 17.0 Å². The summed E-state index contributed by atoms with van der Waals surface area (Å²) in [5.41, 5.74) is 3.04. The van der Waals surface area contributed by atoms with Gasteiger partial charge in [-0.2, -0.15) is 0 Å². The molecule has 1 heterocycles. The summed E-state index contributed by atoms with van der Waals surface area (Å²) in [5, 5.41) is 3.79. The minimum Gasteiger partial charge on any atom is -0.494 e. The molecule has 1 aliphatic heterocycles. The standard InChI is InChI=1S/C22H29N3O3S2/c1-4-28-21-11-7-18(8-12-21)23-22(29)25(20-13-14-30(26,27)16-20)15-17-5-9-19(10-6-17)24(2)3/h5-12,20H,4,13-16H2,1-3H3,(H,23,29). The lowest BCUT2D eigenvalue weighted by Crippen LogP contribution is -2.43. The third-order valence-electron chi connectivity index (χ3n) is 5.13. The van der Waals surface area contributed by atoms with Gasteiger partial charge < -0.3 is 19.9 Å². The van der Waals surface area contributed by atoms with E-state index in [2.05, 4.69) is 29.6 Å². The van der Waals surface area contributed by atoms with Crippen LogP contribution in [0, 0.1) is 0 Å². The molecule has 1 aliphatic rings. The molecule has 0 aliphatic carbocycles. The number of hydrogen-bond donors (Lipinski definition) is 1. The van der Waals surface area contributed by atoms with Gasteiger partial charge in [0.1, 0.15) is 5.75 Å². The molecule has 2 aromatic carbocycles. The van der Waals surface area contributed by atoms with Gasteiger partial charge in [0, 0.05) is 38.1 Å². The normalized spacial score (nSPS) is 17.4. The molecule has 1 atom stereocenters. The molecule has 0 amide bonds. The molecule has 0 saturated carbocycles. The average molecular weight is 448 g/mol. The van der Waals surface area contributed by atoms with Gasteiger partial charge in [-0.05, 0) is 67.5 Å². The number of ether oxygens (including phenoxy) is 1. The molecule has 162 valence electrons. The quantitative estimate of drug-likeness (QED) is 0.652. The largest absolute Gasteiger partial charge is 0.494 e. The highest BCUT2D eigenvalue weighted by molar-refractivity contribution is 7.91. The van der Waals surface area contributed by atoms with Gasteiger partial charge in [0.15, 0.2) is 14.9 Å². The molecule has 8 heteroatoms. The monoisotopic (exact) mass is 447 g/mol. The van der Waals surface area contributed by atoms with Gasteiger partial charge in [0.2, 0.25) is 0 Å². The Morgan fingerprint density at radius 3 is 2.33 bits per heavy atom. The smallest absolute Gasteiger partial charge is 0.174 e. The molecule has 1 N–H and O–H groups in total. The van der Waals surface area contributed by atoms with Crippen molar-refractivity contribution in [1.82, 2.24) is 4.90 Å². The maximum Gasteiger partial charge on any atom is 0.174 e. The van der Waals surface area contributed by atoms with E-state index in [-0.39, 0.29) is 17.5 Å². The first-order valence-electron chi connectivity index (χ1n) is 10.0. The minimum atomic E-state index is -3.02. The van der Waals surface area contributed by atoms with E-state index in [0.717, 1.165) is 22.7 Å². The van der Waals surface area contributed by atoms with Crippen LogP contribution in [0.25, 0.3) is 0 Å². The Morgan fingerprint density at radius 2 is 1.80 bits per heavy atom. The second kappa shape index (κ2) is 9.66. The summed E-state index contributed by atoms with van der Waals surface area (Å²) in [6.07, 6.45) is 0.587. The molecule has 1 unspecified atom stereocenters. The summed E-state index contributed by atoms with van der Waals surface area (Å²) in [4.78, 5) is 4.05. The van der Waals surface area contributed by atoms with Crippen molar-refractivity contribution in [2.45, 2.75) is 25.9 Å². The van der Waals surface area contributed by atoms with Crippen molar-refractivity contribution in [1.29, 1.82) is 0 Å². The van der Waals surface area contributed by atoms with Gasteiger partial charge in [0.05, 0.1) is 18.1 Å². The lowest BCUT2D eigenvalue weighted by atomic mass is 10.1. The Labute approximate surface area is 184 Å². The lowest BCUT2D eigenvalue weighted by Gasteiger charge is -2.31. The van der Waals surface area contributed by atoms with Crippen molar-refractivity contribution in [3.8, 4) is 5.75 Å². The molecule has 3 rings (SSSR count). The predicted octanol–water partition coefficient (Wildman–Crippen LogP) is 3.54. The van der Waals surface area contributed by atoms with Gasteiger partial charge >= 0.3 is 0 Å². The highest BCUT2D eigenvalue weighted by Crippen LogP contribution is 2.23. The van der Waals surface area contributed by atoms with Crippen molar-refractivity contribution in [3.63, 3.8) is 0 Å². The van der Waals surface area contributed by atoms with Crippen LogP contribution >= 0.6 is 12.2 Å². The second-order valence-corrected chi connectivity index (χ2v) is 10.2. The Hall–Kier alpha value is -2.32. The van der Waals surface area contributed by atoms with Gasteiger partial charge in [-0.1, -0.05) is 12.1 Å². The number of thiocarbonyl (C=S) groups is 1. The van der Waals surface area contributed by atoms with Crippen LogP contribution in [0.5, 0.6) is 5.75 Å². The van der Waals surface area contributed by atoms with Crippen LogP contribution in [0.2, 0.25) is 0 Å². The summed E-state index contributed by atoms with van der Waals surface area (Å²) in [6.45, 7) is 3.11. The molecule has 30 heavy (non-hydrogen) atoms. The maximum absolute atomic E-state index is 12.1. The van der Waals surface area contributed by atoms with Crippen LogP contribution < -0.4 is 15.0 Å². The van der Waals surface area contributed by atoms with Gasteiger partial charge in [0.25, 0.3) is 0 Å². The summed E-state index contributed by atoms with van der Waals surface area (Å²) < 4.78 is 29.7. The van der Waals surface area contributed by atoms with E-state index < -0.39 is 9.84 Å². The minimum absolute atomic E-state index is 0.133. The topological polar surface area (TPSA) is 61.9 Å². The highest BCUT2D eigenvalue weighted by atomic mass is 32.2. The second-order valence-electron chi connectivity index (χ2n) is 7.63. The van der Waals surface area contributed by atoms with Crippen LogP contribution in [0.15, 0.2) is 48.5 Å². The average Bonchev–Trinajstić information content (AvgIpc) is 3.07. The molecule has 6 nitrogen and oxygen atoms in total. The van der Waals surface area contributed by atoms with Crippen molar-refractivity contribution in [2.24, 2.45) is 0 Å². The Morgan fingerprint density at radius 1 is 1.13 bits per heavy atom. The van der Waals surface area contributed by atoms with Gasteiger partial charge in [-0.15, -0.1) is 0 Å². The number of sulfone groups is 1. The summed E-state index contributed by atoms with van der Waals surface area (Å²) in [6, 6.07) is 15.7. The fourth-order valence-corrected chi connectivity index (χ4v) is 5.54. The Kier molecular flexibility index (Phi) is 7.20. The predicted molar refractivity (Wildman–Crippen MR) is 127 cm³/mol. The fourth-order valence-electron chi connectivity index (χ4n) is 3.48. The van der Waals surface area contributed by atoms with Crippen molar-refractivity contribution in [2.75, 3.05) is 42.4 Å². The zero-order valence-electron chi connectivity index (χ0n) is 17.7. The van der Waals surface area contributed by atoms with Crippen LogP contribution in [0.1, 0.15) is 18.9 Å². The van der Waals surface area contributed by atoms with Crippen molar-refractivity contribution in [3.05, 3.63) is 54.1 Å². The number of nitrogens with zero attached hydrogens (tertiary/aromatic N) is 2. The van der Waals surface area contributed by atoms with Gasteiger partial charge in [-0.3, -0.25) is 0 Å². The third-order valence-corrected chi connectivity index (χ3v) is 7.22. The number of nitrogens with one attached hydrogen (secondary N) is 1. The van der Waals surface area contributed by atoms with Crippen molar-refractivity contribution < 1.29 is 13.2 Å². The van der Waals surface area contributed by atoms with Crippen LogP contribution in [-0.2, 0) is 16.4 Å². The highest BCUT2D eigenvalue weighted by Gasteiger charge is 2.33. The van der Waals surface area contributed by atoms with Crippen LogP contribution in [-0.4, -0.2) is 56.7 Å². The molecule has 0 aromatic heterocycles. The number of benzene rings is 2. The third kappa shape index (κ3) is 5.86. The van der Waals surface area contributed by atoms with E-state index in [1.54, 1.807) is 0 Å². The first kappa shape index (κ1) is 22.4. The summed E-state index contributed by atoms with van der Waals surface area (Å²) in [5.74, 6) is 1.14. The molecule has 1 fully saturated rings. The van der Waals surface area contributed by atoms with Crippen molar-refractivity contribution >= 4 is 38.5 Å².